The molecule has 0 bridgehead atoms. The van der Waals surface area contributed by atoms with Crippen LogP contribution in [0.4, 0.5) is 15.3 Å². The number of anilines is 1. The molecule has 4 heterocycles. The summed E-state index contributed by atoms with van der Waals surface area (Å²) in [5, 5.41) is 16.7. The topological polar surface area (TPSA) is 114 Å². The molecule has 3 saturated heterocycles. The summed E-state index contributed by atoms with van der Waals surface area (Å²) in [5.74, 6) is 1.08. The normalized spacial score (nSPS) is 25.0. The number of aldehydes is 1. The molecule has 4 aliphatic rings. The lowest BCUT2D eigenvalue weighted by Crippen LogP contribution is -2.69. The summed E-state index contributed by atoms with van der Waals surface area (Å²) >= 11 is 12.2. The first-order valence-corrected chi connectivity index (χ1v) is 17.2. The molecule has 6 rings (SSSR count). The Balaban J connectivity index is 1.24. The van der Waals surface area contributed by atoms with E-state index in [2.05, 4.69) is 15.5 Å². The number of ether oxygens (including phenoxy) is 1. The summed E-state index contributed by atoms with van der Waals surface area (Å²) in [4.78, 5) is 45.9. The highest BCUT2D eigenvalue weighted by atomic mass is 35.5. The Bertz CT molecular complexity index is 1410. The van der Waals surface area contributed by atoms with Crippen molar-refractivity contribution in [1.29, 1.82) is 0 Å². The zero-order chi connectivity index (χ0) is 32.3. The number of phenols is 1. The number of urea groups is 1. The third kappa shape index (κ3) is 6.81. The fourth-order valence-corrected chi connectivity index (χ4v) is 8.66. The molecule has 12 heteroatoms. The smallest absolute Gasteiger partial charge is 0.411 e. The number of nitrogens with zero attached hydrogens (tertiary/aromatic N) is 3. The number of piperidine rings is 3. The van der Waals surface area contributed by atoms with Gasteiger partial charge in [0.15, 0.2) is 5.75 Å². The lowest BCUT2D eigenvalue weighted by molar-refractivity contribution is -0.128. The molecule has 0 aliphatic carbocycles. The van der Waals surface area contributed by atoms with Crippen molar-refractivity contribution in [2.75, 3.05) is 44.6 Å². The van der Waals surface area contributed by atoms with Crippen molar-refractivity contribution >= 4 is 47.3 Å². The molecular weight excluding hydrogens is 629 g/mol. The van der Waals surface area contributed by atoms with Crippen molar-refractivity contribution in [3.8, 4) is 5.75 Å². The van der Waals surface area contributed by atoms with E-state index in [1.54, 1.807) is 4.90 Å². The highest BCUT2D eigenvalue weighted by Gasteiger charge is 2.52. The highest BCUT2D eigenvalue weighted by molar-refractivity contribution is 6.37. The Labute approximate surface area is 280 Å². The Morgan fingerprint density at radius 3 is 2.41 bits per heavy atom. The maximum absolute atomic E-state index is 13.9. The van der Waals surface area contributed by atoms with E-state index < -0.39 is 11.8 Å². The van der Waals surface area contributed by atoms with E-state index in [-0.39, 0.29) is 40.9 Å². The number of aromatic hydroxyl groups is 1. The second kappa shape index (κ2) is 14.4. The van der Waals surface area contributed by atoms with Gasteiger partial charge in [0.25, 0.3) is 0 Å². The summed E-state index contributed by atoms with van der Waals surface area (Å²) in [6.07, 6.45) is 6.58. The number of para-hydroxylation sites is 1. The van der Waals surface area contributed by atoms with Crippen LogP contribution in [0.2, 0.25) is 10.0 Å². The fraction of sp³-hybridized carbons (Fsp3) is 0.559. The maximum Gasteiger partial charge on any atom is 0.411 e. The predicted molar refractivity (Wildman–Crippen MR) is 177 cm³/mol. The minimum Gasteiger partial charge on any atom is -0.505 e. The standard InChI is InChI=1S/C34H43Cl2N5O5/c35-28-19-23(20-29(36)31(28)43)22-46-33(45)41-17-10-27(40-16-9-26-3-1-2-4-30(26)38-32(40)44)21-34(41,11-18-42)39-14-7-25(8-15-39)24-5-12-37-13-6-24/h1-4,18-20,24-25,27,37,43H,5-17,21-22H2,(H,38,44)/t27-,34+/m1/s1. The Morgan fingerprint density at radius 1 is 1.00 bits per heavy atom. The van der Waals surface area contributed by atoms with Crippen LogP contribution in [-0.2, 0) is 22.6 Å². The van der Waals surface area contributed by atoms with Crippen molar-refractivity contribution in [2.45, 2.75) is 69.7 Å². The van der Waals surface area contributed by atoms with E-state index >= 15 is 0 Å². The number of fused-ring (bicyclic) bond motifs is 1. The van der Waals surface area contributed by atoms with E-state index in [0.717, 1.165) is 63.0 Å². The first-order valence-electron chi connectivity index (χ1n) is 16.5. The third-order valence-corrected chi connectivity index (χ3v) is 11.2. The number of hydrogen-bond acceptors (Lipinski definition) is 7. The van der Waals surface area contributed by atoms with Crippen molar-refractivity contribution in [3.05, 3.63) is 57.6 Å². The zero-order valence-corrected chi connectivity index (χ0v) is 27.6. The second-order valence-electron chi connectivity index (χ2n) is 13.1. The van der Waals surface area contributed by atoms with Crippen molar-refractivity contribution in [1.82, 2.24) is 20.0 Å². The summed E-state index contributed by atoms with van der Waals surface area (Å²) in [6, 6.07) is 10.6. The number of benzene rings is 2. The van der Waals surface area contributed by atoms with Crippen LogP contribution < -0.4 is 10.6 Å². The van der Waals surface area contributed by atoms with Gasteiger partial charge in [-0.15, -0.1) is 0 Å². The van der Waals surface area contributed by atoms with Crippen molar-refractivity contribution in [3.63, 3.8) is 0 Å². The summed E-state index contributed by atoms with van der Waals surface area (Å²) in [6.45, 7) is 4.43. The van der Waals surface area contributed by atoms with Gasteiger partial charge in [-0.1, -0.05) is 41.4 Å². The molecule has 0 unspecified atom stereocenters. The van der Waals surface area contributed by atoms with Crippen LogP contribution in [0.5, 0.6) is 5.75 Å². The van der Waals surface area contributed by atoms with Gasteiger partial charge in [0.2, 0.25) is 0 Å². The number of hydrogen-bond donors (Lipinski definition) is 3. The van der Waals surface area contributed by atoms with Gasteiger partial charge in [-0.3, -0.25) is 9.80 Å². The first-order chi connectivity index (χ1) is 22.3. The largest absolute Gasteiger partial charge is 0.505 e. The average Bonchev–Trinajstić information content (AvgIpc) is 3.24. The van der Waals surface area contributed by atoms with Gasteiger partial charge < -0.3 is 30.2 Å². The number of rotatable bonds is 7. The molecule has 3 N–H and O–H groups in total. The molecule has 3 amide bonds. The second-order valence-corrected chi connectivity index (χ2v) is 13.9. The van der Waals surface area contributed by atoms with Crippen LogP contribution >= 0.6 is 23.2 Å². The van der Waals surface area contributed by atoms with Crippen molar-refractivity contribution < 1.29 is 24.2 Å². The number of likely N-dealkylation sites (tertiary alicyclic amines) is 2. The van der Waals surface area contributed by atoms with Gasteiger partial charge >= 0.3 is 12.1 Å². The SMILES string of the molecule is O=CC[C@@]1(N2CCC(C3CCNCC3)CC2)C[C@H](N2CCc3ccccc3NC2=O)CCN1C(=O)OCc1cc(Cl)c(O)c(Cl)c1. The van der Waals surface area contributed by atoms with Crippen LogP contribution in [0.1, 0.15) is 56.1 Å². The fourth-order valence-electron chi connectivity index (χ4n) is 8.12. The molecule has 2 aromatic carbocycles. The Kier molecular flexibility index (Phi) is 10.3. The molecule has 0 aromatic heterocycles. The average molecular weight is 673 g/mol. The molecule has 46 heavy (non-hydrogen) atoms. The zero-order valence-electron chi connectivity index (χ0n) is 26.1. The maximum atomic E-state index is 13.9. The number of halogens is 2. The van der Waals surface area contributed by atoms with E-state index in [1.807, 2.05) is 29.2 Å². The lowest BCUT2D eigenvalue weighted by Gasteiger charge is -2.56. The van der Waals surface area contributed by atoms with Crippen LogP contribution in [0, 0.1) is 11.8 Å². The van der Waals surface area contributed by atoms with Gasteiger partial charge in [0.05, 0.1) is 10.0 Å². The third-order valence-electron chi connectivity index (χ3n) is 10.6. The minimum atomic E-state index is -0.940. The van der Waals surface area contributed by atoms with Crippen LogP contribution in [0.3, 0.4) is 0 Å². The molecule has 4 aliphatic heterocycles. The van der Waals surface area contributed by atoms with E-state index in [0.29, 0.717) is 43.3 Å². The van der Waals surface area contributed by atoms with Gasteiger partial charge in [0.1, 0.15) is 18.6 Å². The highest BCUT2D eigenvalue weighted by Crippen LogP contribution is 2.42. The molecule has 10 nitrogen and oxygen atoms in total. The summed E-state index contributed by atoms with van der Waals surface area (Å²) < 4.78 is 5.84. The molecule has 0 radical (unpaired) electrons. The van der Waals surface area contributed by atoms with E-state index in [1.165, 1.54) is 25.0 Å². The van der Waals surface area contributed by atoms with Crippen molar-refractivity contribution in [2.24, 2.45) is 11.8 Å². The molecule has 2 atom stereocenters. The number of carbonyl (C=O) groups excluding carboxylic acids is 3. The van der Waals surface area contributed by atoms with E-state index in [9.17, 15) is 19.5 Å². The minimum absolute atomic E-state index is 0.0733. The first kappa shape index (κ1) is 32.9. The predicted octanol–water partition coefficient (Wildman–Crippen LogP) is 5.89. The monoisotopic (exact) mass is 671 g/mol. The lowest BCUT2D eigenvalue weighted by atomic mass is 9.77. The van der Waals surface area contributed by atoms with Gasteiger partial charge in [-0.25, -0.2) is 9.59 Å². The van der Waals surface area contributed by atoms with E-state index in [4.69, 9.17) is 27.9 Å². The quantitative estimate of drug-likeness (QED) is 0.315. The van der Waals surface area contributed by atoms with Crippen LogP contribution in [-0.4, -0.2) is 89.2 Å². The molecule has 0 spiro atoms. The Hall–Kier alpha value is -3.05. The molecule has 248 valence electrons. The number of carbonyl (C=O) groups is 3. The molecule has 2 aromatic rings. The molecule has 0 saturated carbocycles. The number of nitrogens with one attached hydrogen (secondary N) is 2. The summed E-state index contributed by atoms with van der Waals surface area (Å²) in [5.41, 5.74) is 1.52. The molecule has 3 fully saturated rings. The van der Waals surface area contributed by atoms with Gasteiger partial charge in [-0.05, 0) is 92.8 Å². The summed E-state index contributed by atoms with van der Waals surface area (Å²) in [7, 11) is 0. The van der Waals surface area contributed by atoms with Gasteiger partial charge in [0, 0.05) is 50.7 Å². The van der Waals surface area contributed by atoms with Gasteiger partial charge in [-0.2, -0.15) is 0 Å². The number of phenolic OH excluding ortho intramolecular Hbond substituents is 1. The Morgan fingerprint density at radius 2 is 1.70 bits per heavy atom. The van der Waals surface area contributed by atoms with Crippen LogP contribution in [0.25, 0.3) is 0 Å². The number of amides is 3. The molecular formula is C34H43Cl2N5O5. The van der Waals surface area contributed by atoms with Crippen LogP contribution in [0.15, 0.2) is 36.4 Å².